The second kappa shape index (κ2) is 2.74. The summed E-state index contributed by atoms with van der Waals surface area (Å²) in [5, 5.41) is 8.93. The quantitative estimate of drug-likeness (QED) is 0.551. The molecule has 0 saturated carbocycles. The van der Waals surface area contributed by atoms with Gasteiger partial charge in [-0.2, -0.15) is 4.89 Å². The van der Waals surface area contributed by atoms with Crippen LogP contribution in [-0.2, 0) is 4.57 Å². The summed E-state index contributed by atoms with van der Waals surface area (Å²) in [6.45, 7) is 5.13. The van der Waals surface area contributed by atoms with Crippen LogP contribution in [0.15, 0.2) is 0 Å². The first kappa shape index (κ1) is 9.02. The molecule has 2 unspecified atom stereocenters. The SMILES string of the molecule is CC(C)(C)C(O)[P+](=O)O. The van der Waals surface area contributed by atoms with Crippen molar-refractivity contribution in [3.05, 3.63) is 0 Å². The summed E-state index contributed by atoms with van der Waals surface area (Å²) >= 11 is 0. The van der Waals surface area contributed by atoms with Crippen molar-refractivity contribution in [3.63, 3.8) is 0 Å². The van der Waals surface area contributed by atoms with Gasteiger partial charge >= 0.3 is 8.03 Å². The number of aliphatic hydroxyl groups is 1. The summed E-state index contributed by atoms with van der Waals surface area (Å²) in [6, 6.07) is 0. The van der Waals surface area contributed by atoms with Crippen molar-refractivity contribution in [2.45, 2.75) is 26.6 Å². The average Bonchev–Trinajstić information content (AvgIpc) is 1.62. The fourth-order valence-corrected chi connectivity index (χ4v) is 0.994. The number of hydrogen-bond acceptors (Lipinski definition) is 2. The van der Waals surface area contributed by atoms with Gasteiger partial charge in [0, 0.05) is 5.41 Å². The third-order valence-electron chi connectivity index (χ3n) is 0.984. The molecule has 0 aliphatic rings. The Bertz CT molecular complexity index is 116. The van der Waals surface area contributed by atoms with Crippen molar-refractivity contribution in [1.82, 2.24) is 0 Å². The molecule has 2 atom stereocenters. The lowest BCUT2D eigenvalue weighted by atomic mass is 9.98. The molecule has 0 aromatic rings. The lowest BCUT2D eigenvalue weighted by molar-refractivity contribution is 0.125. The second-order valence-corrected chi connectivity index (χ2v) is 4.14. The summed E-state index contributed by atoms with van der Waals surface area (Å²) in [5.74, 6) is -1.12. The van der Waals surface area contributed by atoms with Crippen LogP contribution in [0.1, 0.15) is 20.8 Å². The van der Waals surface area contributed by atoms with Crippen molar-refractivity contribution < 1.29 is 14.6 Å². The molecule has 0 amide bonds. The summed E-state index contributed by atoms with van der Waals surface area (Å²) in [5.41, 5.74) is -0.498. The molecule has 0 aliphatic heterocycles. The van der Waals surface area contributed by atoms with Crippen LogP contribution >= 0.6 is 8.03 Å². The van der Waals surface area contributed by atoms with E-state index in [2.05, 4.69) is 0 Å². The van der Waals surface area contributed by atoms with Crippen molar-refractivity contribution in [2.75, 3.05) is 0 Å². The molecule has 0 saturated heterocycles. The zero-order valence-corrected chi connectivity index (χ0v) is 6.72. The van der Waals surface area contributed by atoms with E-state index < -0.39 is 19.3 Å². The molecule has 0 aromatic carbocycles. The zero-order chi connectivity index (χ0) is 7.65. The topological polar surface area (TPSA) is 57.5 Å². The highest BCUT2D eigenvalue weighted by Gasteiger charge is 2.38. The summed E-state index contributed by atoms with van der Waals surface area (Å²) in [4.78, 5) is 8.42. The van der Waals surface area contributed by atoms with E-state index in [9.17, 15) is 4.57 Å². The van der Waals surface area contributed by atoms with Gasteiger partial charge in [-0.15, -0.1) is 0 Å². The number of rotatable bonds is 1. The Balaban J connectivity index is 4.04. The Hall–Kier alpha value is 0.0200. The van der Waals surface area contributed by atoms with Gasteiger partial charge in [0.2, 0.25) is 0 Å². The van der Waals surface area contributed by atoms with Crippen LogP contribution < -0.4 is 0 Å². The van der Waals surface area contributed by atoms with E-state index in [0.29, 0.717) is 0 Å². The highest BCUT2D eigenvalue weighted by molar-refractivity contribution is 7.38. The van der Waals surface area contributed by atoms with Crippen molar-refractivity contribution in [3.8, 4) is 0 Å². The predicted molar refractivity (Wildman–Crippen MR) is 35.3 cm³/mol. The molecule has 3 nitrogen and oxygen atoms in total. The van der Waals surface area contributed by atoms with Gasteiger partial charge in [-0.1, -0.05) is 20.8 Å². The van der Waals surface area contributed by atoms with Gasteiger partial charge in [-0.3, -0.25) is 0 Å². The minimum atomic E-state index is -2.44. The van der Waals surface area contributed by atoms with Gasteiger partial charge in [-0.25, -0.2) is 0 Å². The van der Waals surface area contributed by atoms with Crippen LogP contribution in [0, 0.1) is 5.41 Å². The Morgan fingerprint density at radius 1 is 1.44 bits per heavy atom. The van der Waals surface area contributed by atoms with Crippen LogP contribution in [0.3, 0.4) is 0 Å². The maximum absolute atomic E-state index is 10.2. The van der Waals surface area contributed by atoms with Crippen LogP contribution in [0.5, 0.6) is 0 Å². The van der Waals surface area contributed by atoms with E-state index in [1.807, 2.05) is 0 Å². The third kappa shape index (κ3) is 2.89. The molecule has 0 aromatic heterocycles. The highest BCUT2D eigenvalue weighted by atomic mass is 31.1. The lowest BCUT2D eigenvalue weighted by Gasteiger charge is -2.14. The van der Waals surface area contributed by atoms with Crippen molar-refractivity contribution in [2.24, 2.45) is 5.41 Å². The van der Waals surface area contributed by atoms with Gasteiger partial charge in [0.15, 0.2) is 0 Å². The molecular weight excluding hydrogens is 139 g/mol. The second-order valence-electron chi connectivity index (χ2n) is 3.04. The predicted octanol–water partition coefficient (Wildman–Crippen LogP) is 1.09. The minimum Gasteiger partial charge on any atom is -0.348 e. The Labute approximate surface area is 55.6 Å². The summed E-state index contributed by atoms with van der Waals surface area (Å²) in [6.07, 6.45) is 0. The average molecular weight is 151 g/mol. The fraction of sp³-hybridized carbons (Fsp3) is 1.00. The van der Waals surface area contributed by atoms with Crippen LogP contribution in [0.2, 0.25) is 0 Å². The molecule has 4 heteroatoms. The molecular formula is C5H12O3P+. The standard InChI is InChI=1S/C5H11O3P/c1-5(2,3)4(6)9(7)8/h4,6H,1-3H3/p+1. The Morgan fingerprint density at radius 2 is 1.78 bits per heavy atom. The third-order valence-corrected chi connectivity index (χ3v) is 2.18. The van der Waals surface area contributed by atoms with Crippen LogP contribution in [0.4, 0.5) is 0 Å². The molecule has 0 bridgehead atoms. The Morgan fingerprint density at radius 3 is 1.78 bits per heavy atom. The highest BCUT2D eigenvalue weighted by Crippen LogP contribution is 2.34. The van der Waals surface area contributed by atoms with Gasteiger partial charge in [0.25, 0.3) is 5.85 Å². The molecule has 0 aliphatic carbocycles. The zero-order valence-electron chi connectivity index (χ0n) is 5.83. The summed E-state index contributed by atoms with van der Waals surface area (Å²) < 4.78 is 10.2. The van der Waals surface area contributed by atoms with Crippen LogP contribution in [0.25, 0.3) is 0 Å². The lowest BCUT2D eigenvalue weighted by Crippen LogP contribution is -2.21. The van der Waals surface area contributed by atoms with Crippen molar-refractivity contribution in [1.29, 1.82) is 0 Å². The number of aliphatic hydroxyl groups excluding tert-OH is 1. The minimum absolute atomic E-state index is 0.498. The van der Waals surface area contributed by atoms with Gasteiger partial charge in [0.05, 0.1) is 0 Å². The first-order valence-corrected chi connectivity index (χ1v) is 3.97. The first-order chi connectivity index (χ1) is 3.85. The molecule has 0 fully saturated rings. The monoisotopic (exact) mass is 151 g/mol. The van der Waals surface area contributed by atoms with Crippen LogP contribution in [-0.4, -0.2) is 15.8 Å². The van der Waals surface area contributed by atoms with E-state index in [-0.39, 0.29) is 0 Å². The largest absolute Gasteiger partial charge is 0.538 e. The van der Waals surface area contributed by atoms with E-state index >= 15 is 0 Å². The fourth-order valence-electron chi connectivity index (χ4n) is 0.331. The molecule has 0 heterocycles. The Kier molecular flexibility index (Phi) is 2.74. The van der Waals surface area contributed by atoms with E-state index in [1.54, 1.807) is 20.8 Å². The molecule has 54 valence electrons. The molecule has 9 heavy (non-hydrogen) atoms. The van der Waals surface area contributed by atoms with E-state index in [1.165, 1.54) is 0 Å². The maximum atomic E-state index is 10.2. The number of hydrogen-bond donors (Lipinski definition) is 2. The molecule has 0 rings (SSSR count). The molecule has 0 spiro atoms. The van der Waals surface area contributed by atoms with Gasteiger partial charge < -0.3 is 5.11 Å². The smallest absolute Gasteiger partial charge is 0.348 e. The van der Waals surface area contributed by atoms with Gasteiger partial charge in [0.1, 0.15) is 0 Å². The molecule has 2 N–H and O–H groups in total. The summed E-state index contributed by atoms with van der Waals surface area (Å²) in [7, 11) is -2.44. The van der Waals surface area contributed by atoms with E-state index in [4.69, 9.17) is 10.00 Å². The van der Waals surface area contributed by atoms with Gasteiger partial charge in [-0.05, 0) is 4.57 Å². The normalized spacial score (nSPS) is 17.2. The first-order valence-electron chi connectivity index (χ1n) is 2.69. The van der Waals surface area contributed by atoms with Crippen molar-refractivity contribution >= 4 is 8.03 Å². The maximum Gasteiger partial charge on any atom is 0.538 e. The molecule has 0 radical (unpaired) electrons. The van der Waals surface area contributed by atoms with E-state index in [0.717, 1.165) is 0 Å².